The van der Waals surface area contributed by atoms with Gasteiger partial charge in [-0.3, -0.25) is 9.78 Å². The first-order valence-corrected chi connectivity index (χ1v) is 8.95. The van der Waals surface area contributed by atoms with Crippen molar-refractivity contribution in [3.05, 3.63) is 84.3 Å². The van der Waals surface area contributed by atoms with Crippen molar-refractivity contribution in [2.45, 2.75) is 13.0 Å². The molecule has 1 unspecified atom stereocenters. The molecule has 28 heavy (non-hydrogen) atoms. The highest BCUT2D eigenvalue weighted by Crippen LogP contribution is 2.31. The lowest BCUT2D eigenvalue weighted by Gasteiger charge is -2.18. The molecule has 6 nitrogen and oxygen atoms in total. The van der Waals surface area contributed by atoms with Crippen LogP contribution in [0.2, 0.25) is 0 Å². The molecule has 0 spiro atoms. The van der Waals surface area contributed by atoms with Crippen LogP contribution in [0.15, 0.2) is 73.1 Å². The Morgan fingerprint density at radius 2 is 1.71 bits per heavy atom. The highest BCUT2D eigenvalue weighted by molar-refractivity contribution is 6.05. The number of nitrogens with one attached hydrogen (secondary N) is 1. The first-order valence-electron chi connectivity index (χ1n) is 8.95. The molecule has 1 amide bonds. The summed E-state index contributed by atoms with van der Waals surface area (Å²) in [4.78, 5) is 16.0. The van der Waals surface area contributed by atoms with Gasteiger partial charge >= 0.3 is 0 Å². The zero-order valence-corrected chi connectivity index (χ0v) is 15.3. The van der Waals surface area contributed by atoms with E-state index in [1.807, 2.05) is 67.6 Å². The van der Waals surface area contributed by atoms with E-state index in [4.69, 9.17) is 5.73 Å². The maximum Gasteiger partial charge on any atom is 0.271 e. The number of primary amides is 1. The average molecular weight is 369 g/mol. The summed E-state index contributed by atoms with van der Waals surface area (Å²) in [5.41, 5.74) is 10.1. The second-order valence-electron chi connectivity index (χ2n) is 6.53. The van der Waals surface area contributed by atoms with Gasteiger partial charge in [0.2, 0.25) is 0 Å². The van der Waals surface area contributed by atoms with Crippen molar-refractivity contribution in [3.63, 3.8) is 0 Å². The van der Waals surface area contributed by atoms with Crippen LogP contribution in [0.1, 0.15) is 29.0 Å². The molecular weight excluding hydrogens is 350 g/mol. The van der Waals surface area contributed by atoms with Crippen LogP contribution in [0.25, 0.3) is 22.0 Å². The molecule has 2 aromatic carbocycles. The van der Waals surface area contributed by atoms with Gasteiger partial charge in [0, 0.05) is 23.8 Å². The Hall–Kier alpha value is -3.80. The molecule has 3 N–H and O–H groups in total. The summed E-state index contributed by atoms with van der Waals surface area (Å²) < 4.78 is 0. The van der Waals surface area contributed by atoms with Crippen molar-refractivity contribution in [1.82, 2.24) is 15.2 Å². The van der Waals surface area contributed by atoms with Gasteiger partial charge in [0.25, 0.3) is 5.91 Å². The minimum atomic E-state index is -0.615. The summed E-state index contributed by atoms with van der Waals surface area (Å²) in [6, 6.07) is 19.7. The van der Waals surface area contributed by atoms with E-state index in [1.54, 1.807) is 12.4 Å². The van der Waals surface area contributed by atoms with Crippen LogP contribution >= 0.6 is 0 Å². The first kappa shape index (κ1) is 17.6. The standard InChI is InChI=1S/C22H19N5O/c1-14(15-5-3-2-4-6-15)25-20-18-8-7-17(16-9-11-24-12-10-16)13-19(18)26-27-21(20)22(23)28/h2-14H,1H3,(H2,23,28)(H,25,26). The predicted octanol–water partition coefficient (Wildman–Crippen LogP) is 3.96. The number of aromatic nitrogens is 3. The van der Waals surface area contributed by atoms with Crippen molar-refractivity contribution in [1.29, 1.82) is 0 Å². The second-order valence-corrected chi connectivity index (χ2v) is 6.53. The number of hydrogen-bond donors (Lipinski definition) is 2. The van der Waals surface area contributed by atoms with Gasteiger partial charge in [0.1, 0.15) is 0 Å². The van der Waals surface area contributed by atoms with Crippen LogP contribution in [-0.4, -0.2) is 21.1 Å². The zero-order chi connectivity index (χ0) is 19.5. The lowest BCUT2D eigenvalue weighted by molar-refractivity contribution is 0.0995. The predicted molar refractivity (Wildman–Crippen MR) is 110 cm³/mol. The minimum Gasteiger partial charge on any atom is -0.376 e. The molecule has 4 rings (SSSR count). The van der Waals surface area contributed by atoms with Gasteiger partial charge < -0.3 is 11.1 Å². The largest absolute Gasteiger partial charge is 0.376 e. The number of fused-ring (bicyclic) bond motifs is 1. The molecular formula is C22H19N5O. The fourth-order valence-electron chi connectivity index (χ4n) is 3.19. The van der Waals surface area contributed by atoms with Crippen LogP contribution < -0.4 is 11.1 Å². The Morgan fingerprint density at radius 3 is 2.43 bits per heavy atom. The minimum absolute atomic E-state index is 0.0356. The van der Waals surface area contributed by atoms with E-state index in [1.165, 1.54) is 0 Å². The number of nitrogens with two attached hydrogens (primary N) is 1. The van der Waals surface area contributed by atoms with Crippen LogP contribution in [0, 0.1) is 0 Å². The maximum atomic E-state index is 11.9. The molecule has 0 aliphatic carbocycles. The molecule has 0 radical (unpaired) electrons. The Labute approximate surface area is 162 Å². The van der Waals surface area contributed by atoms with Gasteiger partial charge in [0.15, 0.2) is 5.69 Å². The molecule has 0 saturated heterocycles. The number of rotatable bonds is 5. The van der Waals surface area contributed by atoms with E-state index < -0.39 is 5.91 Å². The lowest BCUT2D eigenvalue weighted by Crippen LogP contribution is -2.19. The molecule has 138 valence electrons. The molecule has 2 heterocycles. The smallest absolute Gasteiger partial charge is 0.271 e. The molecule has 0 fully saturated rings. The molecule has 6 heteroatoms. The Kier molecular flexibility index (Phi) is 4.68. The molecule has 0 saturated carbocycles. The van der Waals surface area contributed by atoms with E-state index in [2.05, 4.69) is 20.5 Å². The number of benzene rings is 2. The van der Waals surface area contributed by atoms with E-state index in [-0.39, 0.29) is 11.7 Å². The average Bonchev–Trinajstić information content (AvgIpc) is 2.74. The van der Waals surface area contributed by atoms with Gasteiger partial charge in [-0.15, -0.1) is 10.2 Å². The molecule has 0 aliphatic rings. The molecule has 2 aromatic heterocycles. The summed E-state index contributed by atoms with van der Waals surface area (Å²) in [6.45, 7) is 2.03. The van der Waals surface area contributed by atoms with E-state index >= 15 is 0 Å². The van der Waals surface area contributed by atoms with Gasteiger partial charge in [-0.25, -0.2) is 0 Å². The molecule has 0 aliphatic heterocycles. The molecule has 4 aromatic rings. The van der Waals surface area contributed by atoms with Crippen molar-refractivity contribution < 1.29 is 4.79 Å². The normalized spacial score (nSPS) is 11.9. The monoisotopic (exact) mass is 369 g/mol. The third-order valence-corrected chi connectivity index (χ3v) is 4.67. The van der Waals surface area contributed by atoms with Crippen LogP contribution in [0.5, 0.6) is 0 Å². The Morgan fingerprint density at radius 1 is 0.964 bits per heavy atom. The second kappa shape index (κ2) is 7.44. The Balaban J connectivity index is 1.80. The summed E-state index contributed by atoms with van der Waals surface area (Å²) in [7, 11) is 0. The zero-order valence-electron chi connectivity index (χ0n) is 15.3. The van der Waals surface area contributed by atoms with Crippen molar-refractivity contribution in [2.75, 3.05) is 5.32 Å². The van der Waals surface area contributed by atoms with Crippen LogP contribution in [0.3, 0.4) is 0 Å². The van der Waals surface area contributed by atoms with E-state index in [9.17, 15) is 4.79 Å². The summed E-state index contributed by atoms with van der Waals surface area (Å²) in [6.07, 6.45) is 3.49. The van der Waals surface area contributed by atoms with Crippen molar-refractivity contribution in [2.24, 2.45) is 5.73 Å². The fourth-order valence-corrected chi connectivity index (χ4v) is 3.19. The third-order valence-electron chi connectivity index (χ3n) is 4.67. The number of nitrogens with zero attached hydrogens (tertiary/aromatic N) is 3. The highest BCUT2D eigenvalue weighted by Gasteiger charge is 2.18. The number of hydrogen-bond acceptors (Lipinski definition) is 5. The summed E-state index contributed by atoms with van der Waals surface area (Å²) in [5.74, 6) is -0.615. The van der Waals surface area contributed by atoms with Gasteiger partial charge in [-0.1, -0.05) is 36.4 Å². The van der Waals surface area contributed by atoms with Crippen LogP contribution in [-0.2, 0) is 0 Å². The quantitative estimate of drug-likeness (QED) is 0.555. The topological polar surface area (TPSA) is 93.8 Å². The van der Waals surface area contributed by atoms with Gasteiger partial charge in [0.05, 0.1) is 11.2 Å². The maximum absolute atomic E-state index is 11.9. The number of pyridine rings is 1. The van der Waals surface area contributed by atoms with E-state index in [0.717, 1.165) is 22.1 Å². The highest BCUT2D eigenvalue weighted by atomic mass is 16.1. The lowest BCUT2D eigenvalue weighted by atomic mass is 10.0. The molecule has 1 atom stereocenters. The summed E-state index contributed by atoms with van der Waals surface area (Å²) in [5, 5.41) is 12.5. The van der Waals surface area contributed by atoms with Crippen molar-refractivity contribution >= 4 is 22.5 Å². The third kappa shape index (κ3) is 3.40. The number of anilines is 1. The summed E-state index contributed by atoms with van der Waals surface area (Å²) >= 11 is 0. The fraction of sp³-hybridized carbons (Fsp3) is 0.0909. The number of carbonyl (C=O) groups excluding carboxylic acids is 1. The van der Waals surface area contributed by atoms with E-state index in [0.29, 0.717) is 11.2 Å². The molecule has 0 bridgehead atoms. The van der Waals surface area contributed by atoms with Gasteiger partial charge in [-0.2, -0.15) is 0 Å². The van der Waals surface area contributed by atoms with Crippen molar-refractivity contribution in [3.8, 4) is 11.1 Å². The van der Waals surface area contributed by atoms with Crippen LogP contribution in [0.4, 0.5) is 5.69 Å². The number of carbonyl (C=O) groups is 1. The number of amides is 1. The Bertz CT molecular complexity index is 1130. The SMILES string of the molecule is CC(Nc1c(C(N)=O)nnc2cc(-c3ccncc3)ccc12)c1ccccc1. The van der Waals surface area contributed by atoms with Gasteiger partial charge in [-0.05, 0) is 47.9 Å². The first-order chi connectivity index (χ1) is 13.6.